The van der Waals surface area contributed by atoms with Crippen molar-refractivity contribution in [1.29, 1.82) is 0 Å². The first kappa shape index (κ1) is 15.3. The van der Waals surface area contributed by atoms with Crippen molar-refractivity contribution >= 4 is 11.9 Å². The molecule has 0 saturated heterocycles. The van der Waals surface area contributed by atoms with E-state index in [9.17, 15) is 14.7 Å². The van der Waals surface area contributed by atoms with Gasteiger partial charge in [-0.3, -0.25) is 9.59 Å². The highest BCUT2D eigenvalue weighted by Gasteiger charge is 2.42. The molecule has 0 aromatic carbocycles. The summed E-state index contributed by atoms with van der Waals surface area (Å²) < 4.78 is 0. The minimum atomic E-state index is -0.807. The summed E-state index contributed by atoms with van der Waals surface area (Å²) in [7, 11) is 0. The van der Waals surface area contributed by atoms with Crippen molar-refractivity contribution < 1.29 is 14.7 Å². The van der Waals surface area contributed by atoms with Crippen molar-refractivity contribution in [1.82, 2.24) is 5.32 Å². The van der Waals surface area contributed by atoms with Crippen LogP contribution in [-0.2, 0) is 9.59 Å². The number of carbonyl (C=O) groups is 2. The summed E-state index contributed by atoms with van der Waals surface area (Å²) in [6.07, 6.45) is 6.76. The number of carboxylic acids is 1. The third-order valence-corrected chi connectivity index (χ3v) is 5.25. The second-order valence-electron chi connectivity index (χ2n) is 6.76. The molecule has 0 aromatic heterocycles. The summed E-state index contributed by atoms with van der Waals surface area (Å²) in [6.45, 7) is 4.33. The van der Waals surface area contributed by atoms with Gasteiger partial charge in [-0.2, -0.15) is 0 Å². The molecule has 4 heteroatoms. The average Bonchev–Trinajstić information content (AvgIpc) is 2.86. The van der Waals surface area contributed by atoms with Gasteiger partial charge in [0.2, 0.25) is 5.91 Å². The van der Waals surface area contributed by atoms with Crippen LogP contribution in [0, 0.1) is 23.7 Å². The SMILES string of the molecule is CCC1CC(C(=O)O)C(C(=O)NC2CCC(C)CC2)C1. The number of rotatable bonds is 4. The van der Waals surface area contributed by atoms with E-state index in [0.717, 1.165) is 44.4 Å². The Labute approximate surface area is 121 Å². The van der Waals surface area contributed by atoms with Gasteiger partial charge in [0.15, 0.2) is 0 Å². The molecule has 2 N–H and O–H groups in total. The van der Waals surface area contributed by atoms with E-state index < -0.39 is 11.9 Å². The van der Waals surface area contributed by atoms with E-state index in [2.05, 4.69) is 19.2 Å². The Kier molecular flexibility index (Phi) is 5.06. The molecule has 2 aliphatic carbocycles. The number of nitrogens with one attached hydrogen (secondary N) is 1. The molecule has 0 bridgehead atoms. The number of amides is 1. The van der Waals surface area contributed by atoms with Gasteiger partial charge in [0, 0.05) is 6.04 Å². The molecule has 2 fully saturated rings. The van der Waals surface area contributed by atoms with E-state index in [0.29, 0.717) is 12.3 Å². The van der Waals surface area contributed by atoms with Crippen LogP contribution in [0.15, 0.2) is 0 Å². The fourth-order valence-electron chi connectivity index (χ4n) is 3.75. The zero-order valence-electron chi connectivity index (χ0n) is 12.6. The van der Waals surface area contributed by atoms with Gasteiger partial charge < -0.3 is 10.4 Å². The minimum absolute atomic E-state index is 0.0205. The van der Waals surface area contributed by atoms with Crippen LogP contribution in [0.2, 0.25) is 0 Å². The van der Waals surface area contributed by atoms with Gasteiger partial charge in [0.05, 0.1) is 11.8 Å². The molecule has 2 aliphatic rings. The number of hydrogen-bond acceptors (Lipinski definition) is 2. The molecule has 0 aliphatic heterocycles. The molecular formula is C16H27NO3. The van der Waals surface area contributed by atoms with Gasteiger partial charge in [-0.25, -0.2) is 0 Å². The van der Waals surface area contributed by atoms with Crippen LogP contribution >= 0.6 is 0 Å². The molecule has 2 rings (SSSR count). The predicted octanol–water partition coefficient (Wildman–Crippen LogP) is 2.82. The summed E-state index contributed by atoms with van der Waals surface area (Å²) >= 11 is 0. The predicted molar refractivity (Wildman–Crippen MR) is 77.2 cm³/mol. The third-order valence-electron chi connectivity index (χ3n) is 5.25. The second kappa shape index (κ2) is 6.59. The minimum Gasteiger partial charge on any atom is -0.481 e. The van der Waals surface area contributed by atoms with Gasteiger partial charge in [0.25, 0.3) is 0 Å². The molecule has 0 heterocycles. The number of carbonyl (C=O) groups excluding carboxylic acids is 1. The first-order chi connectivity index (χ1) is 9.51. The lowest BCUT2D eigenvalue weighted by Gasteiger charge is -2.28. The molecule has 0 spiro atoms. The van der Waals surface area contributed by atoms with Crippen molar-refractivity contribution in [3.8, 4) is 0 Å². The Morgan fingerprint density at radius 1 is 1.10 bits per heavy atom. The number of aliphatic carboxylic acids is 1. The van der Waals surface area contributed by atoms with Crippen LogP contribution in [0.3, 0.4) is 0 Å². The zero-order chi connectivity index (χ0) is 14.7. The fourth-order valence-corrected chi connectivity index (χ4v) is 3.75. The highest BCUT2D eigenvalue weighted by Crippen LogP contribution is 2.38. The normalized spacial score (nSPS) is 37.6. The van der Waals surface area contributed by atoms with E-state index in [1.807, 2.05) is 0 Å². The molecule has 20 heavy (non-hydrogen) atoms. The summed E-state index contributed by atoms with van der Waals surface area (Å²) in [5.41, 5.74) is 0. The molecule has 4 nitrogen and oxygen atoms in total. The molecule has 1 amide bonds. The van der Waals surface area contributed by atoms with E-state index in [4.69, 9.17) is 0 Å². The Hall–Kier alpha value is -1.06. The van der Waals surface area contributed by atoms with E-state index in [1.165, 1.54) is 0 Å². The Morgan fingerprint density at radius 3 is 2.25 bits per heavy atom. The second-order valence-corrected chi connectivity index (χ2v) is 6.76. The topological polar surface area (TPSA) is 66.4 Å². The molecule has 0 aromatic rings. The van der Waals surface area contributed by atoms with Crippen LogP contribution in [0.5, 0.6) is 0 Å². The molecule has 3 atom stereocenters. The summed E-state index contributed by atoms with van der Waals surface area (Å²) in [4.78, 5) is 23.7. The maximum atomic E-state index is 12.4. The van der Waals surface area contributed by atoms with E-state index in [-0.39, 0.29) is 17.9 Å². The first-order valence-electron chi connectivity index (χ1n) is 8.04. The van der Waals surface area contributed by atoms with Crippen molar-refractivity contribution in [2.45, 2.75) is 64.8 Å². The zero-order valence-corrected chi connectivity index (χ0v) is 12.6. The maximum Gasteiger partial charge on any atom is 0.307 e. The van der Waals surface area contributed by atoms with Crippen LogP contribution < -0.4 is 5.32 Å². The highest BCUT2D eigenvalue weighted by atomic mass is 16.4. The lowest BCUT2D eigenvalue weighted by Crippen LogP contribution is -2.42. The Balaban J connectivity index is 1.91. The molecular weight excluding hydrogens is 254 g/mol. The maximum absolute atomic E-state index is 12.4. The van der Waals surface area contributed by atoms with Crippen molar-refractivity contribution in [2.75, 3.05) is 0 Å². The van der Waals surface area contributed by atoms with Gasteiger partial charge in [-0.1, -0.05) is 20.3 Å². The van der Waals surface area contributed by atoms with E-state index in [1.54, 1.807) is 0 Å². The lowest BCUT2D eigenvalue weighted by atomic mass is 9.86. The van der Waals surface area contributed by atoms with Crippen molar-refractivity contribution in [2.24, 2.45) is 23.7 Å². The van der Waals surface area contributed by atoms with Crippen LogP contribution in [0.25, 0.3) is 0 Å². The van der Waals surface area contributed by atoms with E-state index >= 15 is 0 Å². The molecule has 0 radical (unpaired) electrons. The average molecular weight is 281 g/mol. The summed E-state index contributed by atoms with van der Waals surface area (Å²) in [5, 5.41) is 12.4. The van der Waals surface area contributed by atoms with Crippen molar-refractivity contribution in [3.63, 3.8) is 0 Å². The van der Waals surface area contributed by atoms with Crippen LogP contribution in [-0.4, -0.2) is 23.0 Å². The quantitative estimate of drug-likeness (QED) is 0.832. The molecule has 2 saturated carbocycles. The van der Waals surface area contributed by atoms with Crippen molar-refractivity contribution in [3.05, 3.63) is 0 Å². The van der Waals surface area contributed by atoms with Gasteiger partial charge in [0.1, 0.15) is 0 Å². The van der Waals surface area contributed by atoms with Gasteiger partial charge >= 0.3 is 5.97 Å². The lowest BCUT2D eigenvalue weighted by molar-refractivity contribution is -0.146. The van der Waals surface area contributed by atoms with Crippen LogP contribution in [0.1, 0.15) is 58.8 Å². The number of hydrogen-bond donors (Lipinski definition) is 2. The summed E-state index contributed by atoms with van der Waals surface area (Å²) in [5.74, 6) is -0.491. The molecule has 3 unspecified atom stereocenters. The monoisotopic (exact) mass is 281 g/mol. The van der Waals surface area contributed by atoms with Gasteiger partial charge in [-0.15, -0.1) is 0 Å². The Bertz CT molecular complexity index is 361. The summed E-state index contributed by atoms with van der Waals surface area (Å²) in [6, 6.07) is 0.258. The largest absolute Gasteiger partial charge is 0.481 e. The van der Waals surface area contributed by atoms with Crippen LogP contribution in [0.4, 0.5) is 0 Å². The standard InChI is InChI=1S/C16H27NO3/c1-3-11-8-13(14(9-11)16(19)20)15(18)17-12-6-4-10(2)5-7-12/h10-14H,3-9H2,1-2H3,(H,17,18)(H,19,20). The molecule has 114 valence electrons. The first-order valence-corrected chi connectivity index (χ1v) is 8.04. The Morgan fingerprint density at radius 2 is 1.70 bits per heavy atom. The fraction of sp³-hybridized carbons (Fsp3) is 0.875. The third kappa shape index (κ3) is 3.53. The van der Waals surface area contributed by atoms with Gasteiger partial charge in [-0.05, 0) is 50.4 Å². The number of carboxylic acid groups (broad SMARTS) is 1. The smallest absolute Gasteiger partial charge is 0.307 e. The highest BCUT2D eigenvalue weighted by molar-refractivity contribution is 5.85.